The molecule has 0 radical (unpaired) electrons. The number of fused-ring (bicyclic) bond motifs is 1. The molecule has 1 saturated heterocycles. The second-order valence-electron chi connectivity index (χ2n) is 7.92. The van der Waals surface area contributed by atoms with Crippen molar-refractivity contribution in [1.82, 2.24) is 19.5 Å². The monoisotopic (exact) mass is 469 g/mol. The number of halogens is 3. The van der Waals surface area contributed by atoms with Gasteiger partial charge >= 0.3 is 6.61 Å². The van der Waals surface area contributed by atoms with Gasteiger partial charge in [-0.2, -0.15) is 8.78 Å². The molecule has 3 heterocycles. The summed E-state index contributed by atoms with van der Waals surface area (Å²) in [7, 11) is 0. The summed E-state index contributed by atoms with van der Waals surface area (Å²) in [5, 5.41) is 0. The van der Waals surface area contributed by atoms with E-state index in [2.05, 4.69) is 19.7 Å². The number of aromatic nitrogens is 4. The Bertz CT molecular complexity index is 1300. The minimum atomic E-state index is -2.93. The van der Waals surface area contributed by atoms with Crippen molar-refractivity contribution in [3.8, 4) is 16.9 Å². The standard InChI is InChI=1S/C24H22F3N5O2/c1-15-30-20-11-19(25)18(17-12-28-24(29-13-17)31-6-8-33-9-7-31)10-21(20)32(15)14-16-4-2-3-5-22(16)34-23(26)27/h2-5,10-13,23H,6-9,14H2,1H3. The first-order valence-corrected chi connectivity index (χ1v) is 10.8. The van der Waals surface area contributed by atoms with Crippen LogP contribution in [0.4, 0.5) is 19.1 Å². The van der Waals surface area contributed by atoms with E-state index >= 15 is 4.39 Å². The fraction of sp³-hybridized carbons (Fsp3) is 0.292. The van der Waals surface area contributed by atoms with Crippen molar-refractivity contribution in [1.29, 1.82) is 0 Å². The highest BCUT2D eigenvalue weighted by atomic mass is 19.3. The SMILES string of the molecule is Cc1nc2cc(F)c(-c3cnc(N4CCOCC4)nc3)cc2n1Cc1ccccc1OC(F)F. The van der Waals surface area contributed by atoms with Crippen molar-refractivity contribution in [2.24, 2.45) is 0 Å². The van der Waals surface area contributed by atoms with E-state index in [0.717, 1.165) is 0 Å². The first-order chi connectivity index (χ1) is 16.5. The molecular formula is C24H22F3N5O2. The molecule has 0 spiro atoms. The summed E-state index contributed by atoms with van der Waals surface area (Å²) in [5.74, 6) is 0.844. The fourth-order valence-electron chi connectivity index (χ4n) is 4.09. The second-order valence-corrected chi connectivity index (χ2v) is 7.92. The number of morpholine rings is 1. The molecule has 1 aliphatic rings. The van der Waals surface area contributed by atoms with Gasteiger partial charge in [0.25, 0.3) is 0 Å². The number of hydrogen-bond acceptors (Lipinski definition) is 6. The van der Waals surface area contributed by atoms with Crippen molar-refractivity contribution in [2.45, 2.75) is 20.1 Å². The molecule has 0 bridgehead atoms. The minimum Gasteiger partial charge on any atom is -0.434 e. The van der Waals surface area contributed by atoms with Crippen molar-refractivity contribution in [3.05, 3.63) is 66.0 Å². The van der Waals surface area contributed by atoms with Crippen LogP contribution in [-0.4, -0.2) is 52.4 Å². The van der Waals surface area contributed by atoms with Gasteiger partial charge in [-0.3, -0.25) is 0 Å². The number of para-hydroxylation sites is 1. The molecule has 34 heavy (non-hydrogen) atoms. The van der Waals surface area contributed by atoms with Crippen LogP contribution in [0.3, 0.4) is 0 Å². The highest BCUT2D eigenvalue weighted by molar-refractivity contribution is 5.83. The maximum atomic E-state index is 15.0. The van der Waals surface area contributed by atoms with Crippen molar-refractivity contribution in [2.75, 3.05) is 31.2 Å². The zero-order chi connectivity index (χ0) is 23.7. The first-order valence-electron chi connectivity index (χ1n) is 10.8. The highest BCUT2D eigenvalue weighted by Gasteiger charge is 2.18. The van der Waals surface area contributed by atoms with Gasteiger partial charge in [0.05, 0.1) is 30.8 Å². The van der Waals surface area contributed by atoms with Gasteiger partial charge in [-0.25, -0.2) is 19.3 Å². The van der Waals surface area contributed by atoms with Crippen LogP contribution in [0.1, 0.15) is 11.4 Å². The molecule has 10 heteroatoms. The summed E-state index contributed by atoms with van der Waals surface area (Å²) in [6, 6.07) is 9.65. The molecule has 0 aliphatic carbocycles. The Labute approximate surface area is 193 Å². The van der Waals surface area contributed by atoms with E-state index in [1.54, 1.807) is 43.6 Å². The zero-order valence-electron chi connectivity index (χ0n) is 18.4. The third-order valence-electron chi connectivity index (χ3n) is 5.79. The molecule has 5 rings (SSSR count). The van der Waals surface area contributed by atoms with Gasteiger partial charge in [0.2, 0.25) is 5.95 Å². The lowest BCUT2D eigenvalue weighted by molar-refractivity contribution is -0.0504. The van der Waals surface area contributed by atoms with Gasteiger partial charge in [0, 0.05) is 48.2 Å². The van der Waals surface area contributed by atoms with Crippen LogP contribution >= 0.6 is 0 Å². The molecule has 7 nitrogen and oxygen atoms in total. The van der Waals surface area contributed by atoms with Gasteiger partial charge in [0.15, 0.2) is 0 Å². The Morgan fingerprint density at radius 3 is 2.56 bits per heavy atom. The molecule has 0 unspecified atom stereocenters. The lowest BCUT2D eigenvalue weighted by Crippen LogP contribution is -2.37. The molecule has 2 aromatic heterocycles. The molecule has 4 aromatic rings. The number of imidazole rings is 1. The number of alkyl halides is 2. The Hall–Kier alpha value is -3.66. The van der Waals surface area contributed by atoms with Gasteiger partial charge in [0.1, 0.15) is 17.4 Å². The summed E-state index contributed by atoms with van der Waals surface area (Å²) in [6.45, 7) is 1.74. The molecule has 0 saturated carbocycles. The van der Waals surface area contributed by atoms with Crippen molar-refractivity contribution >= 4 is 17.0 Å². The van der Waals surface area contributed by atoms with Crippen LogP contribution in [-0.2, 0) is 11.3 Å². The van der Waals surface area contributed by atoms with Crippen LogP contribution in [0.15, 0.2) is 48.8 Å². The Morgan fingerprint density at radius 1 is 1.09 bits per heavy atom. The quantitative estimate of drug-likeness (QED) is 0.416. The summed E-state index contributed by atoms with van der Waals surface area (Å²) in [4.78, 5) is 15.3. The molecule has 0 N–H and O–H groups in total. The average Bonchev–Trinajstić information content (AvgIpc) is 3.14. The summed E-state index contributed by atoms with van der Waals surface area (Å²) >= 11 is 0. The number of ether oxygens (including phenoxy) is 2. The Kier molecular flexibility index (Phi) is 6.06. The van der Waals surface area contributed by atoms with Crippen LogP contribution in [0.5, 0.6) is 5.75 Å². The van der Waals surface area contributed by atoms with E-state index in [4.69, 9.17) is 4.74 Å². The highest BCUT2D eigenvalue weighted by Crippen LogP contribution is 2.30. The fourth-order valence-corrected chi connectivity index (χ4v) is 4.09. The molecule has 1 fully saturated rings. The molecule has 1 aliphatic heterocycles. The van der Waals surface area contributed by atoms with Crippen LogP contribution < -0.4 is 9.64 Å². The van der Waals surface area contributed by atoms with Gasteiger partial charge in [-0.15, -0.1) is 0 Å². The second kappa shape index (κ2) is 9.30. The number of anilines is 1. The van der Waals surface area contributed by atoms with E-state index in [-0.39, 0.29) is 12.3 Å². The number of hydrogen-bond donors (Lipinski definition) is 0. The van der Waals surface area contributed by atoms with E-state index in [1.165, 1.54) is 12.1 Å². The van der Waals surface area contributed by atoms with E-state index in [0.29, 0.717) is 65.8 Å². The van der Waals surface area contributed by atoms with Gasteiger partial charge < -0.3 is 18.9 Å². The maximum absolute atomic E-state index is 15.0. The average molecular weight is 469 g/mol. The summed E-state index contributed by atoms with van der Waals surface area (Å²) in [6.07, 6.45) is 3.20. The number of rotatable bonds is 6. The summed E-state index contributed by atoms with van der Waals surface area (Å²) in [5.41, 5.74) is 2.56. The third kappa shape index (κ3) is 4.41. The van der Waals surface area contributed by atoms with Crippen LogP contribution in [0.2, 0.25) is 0 Å². The van der Waals surface area contributed by atoms with E-state index in [9.17, 15) is 8.78 Å². The predicted octanol–water partition coefficient (Wildman–Crippen LogP) is 4.43. The molecule has 2 aromatic carbocycles. The summed E-state index contributed by atoms with van der Waals surface area (Å²) < 4.78 is 52.5. The molecule has 176 valence electrons. The topological polar surface area (TPSA) is 65.3 Å². The lowest BCUT2D eigenvalue weighted by atomic mass is 10.1. The number of benzene rings is 2. The maximum Gasteiger partial charge on any atom is 0.387 e. The number of aryl methyl sites for hydroxylation is 1. The lowest BCUT2D eigenvalue weighted by Gasteiger charge is -2.26. The van der Waals surface area contributed by atoms with E-state index in [1.807, 2.05) is 9.47 Å². The van der Waals surface area contributed by atoms with Gasteiger partial charge in [-0.1, -0.05) is 18.2 Å². The molecule has 0 amide bonds. The molecular weight excluding hydrogens is 447 g/mol. The largest absolute Gasteiger partial charge is 0.434 e. The zero-order valence-corrected chi connectivity index (χ0v) is 18.4. The van der Waals surface area contributed by atoms with Crippen molar-refractivity contribution < 1.29 is 22.6 Å². The Morgan fingerprint density at radius 2 is 1.82 bits per heavy atom. The molecule has 0 atom stereocenters. The number of nitrogens with zero attached hydrogens (tertiary/aromatic N) is 5. The normalized spacial score (nSPS) is 14.2. The smallest absolute Gasteiger partial charge is 0.387 e. The minimum absolute atomic E-state index is 0.0909. The first kappa shape index (κ1) is 22.1. The van der Waals surface area contributed by atoms with Crippen molar-refractivity contribution in [3.63, 3.8) is 0 Å². The third-order valence-corrected chi connectivity index (χ3v) is 5.79. The predicted molar refractivity (Wildman–Crippen MR) is 121 cm³/mol. The van der Waals surface area contributed by atoms with Gasteiger partial charge in [-0.05, 0) is 19.1 Å². The van der Waals surface area contributed by atoms with E-state index < -0.39 is 12.4 Å². The van der Waals surface area contributed by atoms with Crippen LogP contribution in [0.25, 0.3) is 22.2 Å². The Balaban J connectivity index is 1.50. The van der Waals surface area contributed by atoms with Crippen LogP contribution in [0, 0.1) is 12.7 Å².